The SMILES string of the molecule is CCOC(=O)[C@]1(C)N[C@H](c2ccccc2F)[C@H]2C(=O)N(c3ccccc3)C(=O)[C@@H]21. The number of rotatable bonds is 4. The summed E-state index contributed by atoms with van der Waals surface area (Å²) >= 11 is 0. The smallest absolute Gasteiger partial charge is 0.326 e. The van der Waals surface area contributed by atoms with Gasteiger partial charge in [-0.15, -0.1) is 0 Å². The molecule has 1 N–H and O–H groups in total. The molecular formula is C22H21FN2O4. The highest BCUT2D eigenvalue weighted by Crippen LogP contribution is 2.50. The van der Waals surface area contributed by atoms with Crippen LogP contribution < -0.4 is 10.2 Å². The molecule has 2 amide bonds. The summed E-state index contributed by atoms with van der Waals surface area (Å²) in [5.74, 6) is -4.01. The molecule has 0 aliphatic carbocycles. The standard InChI is InChI=1S/C22H21FN2O4/c1-3-29-21(28)22(2)17-16(18(24-22)14-11-7-8-12-15(14)23)19(26)25(20(17)27)13-9-5-4-6-10-13/h4-12,16-18,24H,3H2,1-2H3/t16-,17+,18+,22+/m0/s1. The fourth-order valence-corrected chi connectivity index (χ4v) is 4.43. The minimum Gasteiger partial charge on any atom is -0.465 e. The molecule has 2 saturated heterocycles. The molecule has 4 rings (SSSR count). The zero-order valence-electron chi connectivity index (χ0n) is 16.1. The van der Waals surface area contributed by atoms with Crippen molar-refractivity contribution in [3.63, 3.8) is 0 Å². The third-order valence-electron chi connectivity index (χ3n) is 5.74. The van der Waals surface area contributed by atoms with Crippen LogP contribution >= 0.6 is 0 Å². The van der Waals surface area contributed by atoms with Crippen LogP contribution in [-0.4, -0.2) is 29.9 Å². The van der Waals surface area contributed by atoms with Crippen molar-refractivity contribution in [3.05, 3.63) is 66.0 Å². The molecule has 2 aliphatic heterocycles. The van der Waals surface area contributed by atoms with Crippen molar-refractivity contribution in [2.75, 3.05) is 11.5 Å². The molecule has 0 unspecified atom stereocenters. The van der Waals surface area contributed by atoms with Crippen LogP contribution in [-0.2, 0) is 19.1 Å². The fraction of sp³-hybridized carbons (Fsp3) is 0.318. The molecule has 7 heteroatoms. The molecule has 0 aromatic heterocycles. The van der Waals surface area contributed by atoms with Gasteiger partial charge in [0.2, 0.25) is 11.8 Å². The second kappa shape index (κ2) is 7.08. The molecule has 29 heavy (non-hydrogen) atoms. The molecular weight excluding hydrogens is 375 g/mol. The quantitative estimate of drug-likeness (QED) is 0.635. The van der Waals surface area contributed by atoms with Crippen molar-refractivity contribution in [1.82, 2.24) is 5.32 Å². The zero-order valence-corrected chi connectivity index (χ0v) is 16.1. The Balaban J connectivity index is 1.84. The van der Waals surface area contributed by atoms with Crippen LogP contribution in [0.2, 0.25) is 0 Å². The Morgan fingerprint density at radius 2 is 1.76 bits per heavy atom. The first-order chi connectivity index (χ1) is 13.9. The fourth-order valence-electron chi connectivity index (χ4n) is 4.43. The van der Waals surface area contributed by atoms with E-state index in [2.05, 4.69) is 5.32 Å². The van der Waals surface area contributed by atoms with E-state index in [1.807, 2.05) is 0 Å². The Labute approximate surface area is 167 Å². The average molecular weight is 396 g/mol. The number of hydrogen-bond acceptors (Lipinski definition) is 5. The van der Waals surface area contributed by atoms with Crippen molar-refractivity contribution in [2.24, 2.45) is 11.8 Å². The van der Waals surface area contributed by atoms with Crippen LogP contribution in [0.4, 0.5) is 10.1 Å². The minimum absolute atomic E-state index is 0.127. The van der Waals surface area contributed by atoms with Gasteiger partial charge in [-0.1, -0.05) is 36.4 Å². The van der Waals surface area contributed by atoms with Crippen molar-refractivity contribution in [3.8, 4) is 0 Å². The van der Waals surface area contributed by atoms with Crippen LogP contribution in [0, 0.1) is 17.7 Å². The van der Waals surface area contributed by atoms with Crippen LogP contribution in [0.5, 0.6) is 0 Å². The van der Waals surface area contributed by atoms with Gasteiger partial charge in [0, 0.05) is 11.6 Å². The first-order valence-electron chi connectivity index (χ1n) is 9.52. The van der Waals surface area contributed by atoms with Gasteiger partial charge in [0.25, 0.3) is 0 Å². The maximum Gasteiger partial charge on any atom is 0.326 e. The highest BCUT2D eigenvalue weighted by atomic mass is 19.1. The number of carbonyl (C=O) groups excluding carboxylic acids is 3. The van der Waals surface area contributed by atoms with Crippen molar-refractivity contribution in [2.45, 2.75) is 25.4 Å². The Morgan fingerprint density at radius 1 is 1.10 bits per heavy atom. The van der Waals surface area contributed by atoms with Gasteiger partial charge in [0.05, 0.1) is 24.1 Å². The number of nitrogens with one attached hydrogen (secondary N) is 1. The van der Waals surface area contributed by atoms with Crippen molar-refractivity contribution >= 4 is 23.5 Å². The number of nitrogens with zero attached hydrogens (tertiary/aromatic N) is 1. The number of imide groups is 1. The molecule has 4 atom stereocenters. The van der Waals surface area contributed by atoms with Gasteiger partial charge in [-0.25, -0.2) is 9.29 Å². The molecule has 2 aromatic rings. The van der Waals surface area contributed by atoms with Gasteiger partial charge in [-0.3, -0.25) is 19.7 Å². The maximum atomic E-state index is 14.6. The van der Waals surface area contributed by atoms with Crippen LogP contribution in [0.3, 0.4) is 0 Å². The van der Waals surface area contributed by atoms with Gasteiger partial charge in [0.1, 0.15) is 11.4 Å². The number of carbonyl (C=O) groups is 3. The van der Waals surface area contributed by atoms with Gasteiger partial charge in [0.15, 0.2) is 0 Å². The predicted octanol–water partition coefficient (Wildman–Crippen LogP) is 2.60. The van der Waals surface area contributed by atoms with E-state index in [0.29, 0.717) is 5.69 Å². The van der Waals surface area contributed by atoms with E-state index in [9.17, 15) is 18.8 Å². The number of amides is 2. The molecule has 0 spiro atoms. The number of halogens is 1. The molecule has 6 nitrogen and oxygen atoms in total. The van der Waals surface area contributed by atoms with E-state index in [1.165, 1.54) is 6.07 Å². The minimum atomic E-state index is -1.45. The molecule has 150 valence electrons. The van der Waals surface area contributed by atoms with Gasteiger partial charge in [-0.05, 0) is 32.0 Å². The summed E-state index contributed by atoms with van der Waals surface area (Å²) in [4.78, 5) is 40.6. The third kappa shape index (κ3) is 2.84. The molecule has 0 radical (unpaired) electrons. The molecule has 2 heterocycles. The topological polar surface area (TPSA) is 75.7 Å². The van der Waals surface area contributed by atoms with Crippen LogP contribution in [0.25, 0.3) is 0 Å². The molecule has 0 saturated carbocycles. The number of esters is 1. The number of anilines is 1. The molecule has 0 bridgehead atoms. The summed E-state index contributed by atoms with van der Waals surface area (Å²) in [7, 11) is 0. The molecule has 2 aromatic carbocycles. The largest absolute Gasteiger partial charge is 0.465 e. The molecule has 2 fully saturated rings. The number of hydrogen-bond donors (Lipinski definition) is 1. The molecule has 2 aliphatic rings. The number of para-hydroxylation sites is 1. The normalized spacial score (nSPS) is 28.5. The van der Waals surface area contributed by atoms with Gasteiger partial charge < -0.3 is 4.74 Å². The number of ether oxygens (including phenoxy) is 1. The Hall–Kier alpha value is -3.06. The zero-order chi connectivity index (χ0) is 20.8. The highest BCUT2D eigenvalue weighted by Gasteiger charge is 2.67. The Kier molecular flexibility index (Phi) is 4.70. The summed E-state index contributed by atoms with van der Waals surface area (Å²) in [6.07, 6.45) is 0. The first-order valence-corrected chi connectivity index (χ1v) is 9.52. The van der Waals surface area contributed by atoms with Crippen molar-refractivity contribution in [1.29, 1.82) is 0 Å². The van der Waals surface area contributed by atoms with E-state index in [1.54, 1.807) is 62.4 Å². The summed E-state index contributed by atoms with van der Waals surface area (Å²) in [6, 6.07) is 13.8. The second-order valence-corrected chi connectivity index (χ2v) is 7.42. The summed E-state index contributed by atoms with van der Waals surface area (Å²) in [6.45, 7) is 3.34. The predicted molar refractivity (Wildman–Crippen MR) is 103 cm³/mol. The maximum absolute atomic E-state index is 14.6. The summed E-state index contributed by atoms with van der Waals surface area (Å²) in [5, 5.41) is 3.06. The number of fused-ring (bicyclic) bond motifs is 1. The summed E-state index contributed by atoms with van der Waals surface area (Å²) < 4.78 is 19.8. The third-order valence-corrected chi connectivity index (χ3v) is 5.74. The second-order valence-electron chi connectivity index (χ2n) is 7.42. The van der Waals surface area contributed by atoms with Gasteiger partial charge >= 0.3 is 5.97 Å². The average Bonchev–Trinajstić information content (AvgIpc) is 3.17. The first kappa shape index (κ1) is 19.3. The van der Waals surface area contributed by atoms with E-state index >= 15 is 0 Å². The lowest BCUT2D eigenvalue weighted by Gasteiger charge is -2.29. The Morgan fingerprint density at radius 3 is 2.41 bits per heavy atom. The van der Waals surface area contributed by atoms with Crippen molar-refractivity contribution < 1.29 is 23.5 Å². The highest BCUT2D eigenvalue weighted by molar-refractivity contribution is 6.24. The monoisotopic (exact) mass is 396 g/mol. The van der Waals surface area contributed by atoms with E-state index in [0.717, 1.165) is 4.90 Å². The van der Waals surface area contributed by atoms with Crippen LogP contribution in [0.1, 0.15) is 25.5 Å². The Bertz CT molecular complexity index is 980. The van der Waals surface area contributed by atoms with E-state index < -0.39 is 47.0 Å². The lowest BCUT2D eigenvalue weighted by Crippen LogP contribution is -2.54. The summed E-state index contributed by atoms with van der Waals surface area (Å²) in [5.41, 5.74) is -0.786. The lowest BCUT2D eigenvalue weighted by molar-refractivity contribution is -0.153. The van der Waals surface area contributed by atoms with E-state index in [4.69, 9.17) is 4.74 Å². The number of benzene rings is 2. The van der Waals surface area contributed by atoms with Crippen LogP contribution in [0.15, 0.2) is 54.6 Å². The van der Waals surface area contributed by atoms with E-state index in [-0.39, 0.29) is 12.2 Å². The van der Waals surface area contributed by atoms with Gasteiger partial charge in [-0.2, -0.15) is 0 Å². The lowest BCUT2D eigenvalue weighted by atomic mass is 9.80.